The average molecular weight is 786 g/mol. The molecule has 0 heterocycles. The number of phosphoric ester groups is 1. The Balaban J connectivity index is 3.58. The molecule has 0 aromatic rings. The number of nitrogens with one attached hydrogen (secondary N) is 1. The molecule has 0 aromatic carbocycles. The van der Waals surface area contributed by atoms with Crippen LogP contribution in [-0.2, 0) is 27.9 Å². The number of esters is 1. The smallest absolute Gasteiger partial charge is 0.463 e. The topological polar surface area (TPSA) is 131 Å². The molecule has 2 atom stereocenters. The molecule has 1 amide bonds. The summed E-state index contributed by atoms with van der Waals surface area (Å²) in [5.41, 5.74) is 0. The maximum absolute atomic E-state index is 12.1. The highest BCUT2D eigenvalue weighted by atomic mass is 31.2. The molecule has 0 saturated heterocycles. The summed E-state index contributed by atoms with van der Waals surface area (Å²) in [6.45, 7) is 3.53. The number of ether oxygens (including phenoxy) is 1. The second kappa shape index (κ2) is 41.1. The lowest BCUT2D eigenvalue weighted by Crippen LogP contribution is -2.27. The van der Waals surface area contributed by atoms with Crippen LogP contribution in [0.5, 0.6) is 0 Å². The van der Waals surface area contributed by atoms with Gasteiger partial charge in [0, 0.05) is 19.4 Å². The Morgan fingerprint density at radius 1 is 0.574 bits per heavy atom. The lowest BCUT2D eigenvalue weighted by Gasteiger charge is -2.15. The van der Waals surface area contributed by atoms with Crippen molar-refractivity contribution in [3.8, 4) is 0 Å². The lowest BCUT2D eigenvalue weighted by atomic mass is 10.0. The highest BCUT2D eigenvalue weighted by Gasteiger charge is 2.23. The summed E-state index contributed by atoms with van der Waals surface area (Å²) < 4.78 is 26.9. The minimum Gasteiger partial charge on any atom is -0.463 e. The van der Waals surface area contributed by atoms with E-state index < -0.39 is 26.5 Å². The summed E-state index contributed by atoms with van der Waals surface area (Å²) in [5.74, 6) is -0.523. The second-order valence-electron chi connectivity index (χ2n) is 15.0. The van der Waals surface area contributed by atoms with Crippen LogP contribution < -0.4 is 5.32 Å². The first-order chi connectivity index (χ1) is 26.3. The Hall–Kier alpha value is -1.51. The van der Waals surface area contributed by atoms with Gasteiger partial charge >= 0.3 is 13.8 Å². The van der Waals surface area contributed by atoms with Crippen LogP contribution in [0.2, 0.25) is 0 Å². The normalized spacial score (nSPS) is 13.5. The van der Waals surface area contributed by atoms with Gasteiger partial charge in [0.1, 0.15) is 12.7 Å². The number of allylic oxidation sites excluding steroid dienone is 4. The number of phosphoric acid groups is 1. The third-order valence-corrected chi connectivity index (χ3v) is 10.6. The number of carbonyl (C=O) groups excluding carboxylic acids is 2. The summed E-state index contributed by atoms with van der Waals surface area (Å²) in [7, 11) is -4.42. The summed E-state index contributed by atoms with van der Waals surface area (Å²) in [5, 5.41) is 12.7. The maximum atomic E-state index is 12.1. The second-order valence-corrected chi connectivity index (χ2v) is 16.5. The van der Waals surface area contributed by atoms with Gasteiger partial charge in [-0.25, -0.2) is 4.57 Å². The van der Waals surface area contributed by atoms with E-state index in [0.29, 0.717) is 6.42 Å². The van der Waals surface area contributed by atoms with E-state index in [1.54, 1.807) is 0 Å². The van der Waals surface area contributed by atoms with Crippen molar-refractivity contribution in [3.63, 3.8) is 0 Å². The van der Waals surface area contributed by atoms with E-state index in [1.807, 2.05) is 0 Å². The highest BCUT2D eigenvalue weighted by molar-refractivity contribution is 7.47. The molecular formula is C44H84NO8P. The van der Waals surface area contributed by atoms with Crippen molar-refractivity contribution >= 4 is 19.7 Å². The Bertz CT molecular complexity index is 944. The van der Waals surface area contributed by atoms with Crippen molar-refractivity contribution in [2.24, 2.45) is 0 Å². The van der Waals surface area contributed by atoms with Crippen LogP contribution in [0.1, 0.15) is 213 Å². The average Bonchev–Trinajstić information content (AvgIpc) is 3.16. The molecule has 0 aliphatic rings. The molecule has 0 spiro atoms. The lowest BCUT2D eigenvalue weighted by molar-refractivity contribution is -0.147. The minimum atomic E-state index is -4.42. The number of unbranched alkanes of at least 4 members (excludes halogenated alkanes) is 25. The third-order valence-electron chi connectivity index (χ3n) is 9.63. The first-order valence-electron chi connectivity index (χ1n) is 22.3. The first kappa shape index (κ1) is 52.5. The zero-order chi connectivity index (χ0) is 39.6. The van der Waals surface area contributed by atoms with Crippen molar-refractivity contribution in [2.45, 2.75) is 219 Å². The molecule has 10 heteroatoms. The number of rotatable bonds is 42. The minimum absolute atomic E-state index is 0.0760. The standard InChI is InChI=1S/C44H84NO8P/c1-3-5-7-9-11-13-15-17-19-20-21-23-25-27-29-31-33-35-37-44(48)51-40-42(46)41-53-54(49,50)52-39-38-45-43(47)36-34-32-30-28-26-24-22-18-16-14-12-10-8-6-4-2/h12,14,18,22,42,46H,3-11,13,15-17,19-21,23-41H2,1-2H3,(H,45,47)(H,49,50)/b14-12-,22-18-. The maximum Gasteiger partial charge on any atom is 0.472 e. The van der Waals surface area contributed by atoms with E-state index in [2.05, 4.69) is 43.5 Å². The molecule has 0 aliphatic heterocycles. The zero-order valence-corrected chi connectivity index (χ0v) is 35.8. The third kappa shape index (κ3) is 41.6. The fourth-order valence-electron chi connectivity index (χ4n) is 6.23. The van der Waals surface area contributed by atoms with Gasteiger partial charge in [-0.1, -0.05) is 179 Å². The van der Waals surface area contributed by atoms with Crippen LogP contribution in [0, 0.1) is 0 Å². The molecule has 0 rings (SSSR count). The van der Waals surface area contributed by atoms with Crippen molar-refractivity contribution in [2.75, 3.05) is 26.4 Å². The molecule has 54 heavy (non-hydrogen) atoms. The van der Waals surface area contributed by atoms with Crippen molar-refractivity contribution in [1.82, 2.24) is 5.32 Å². The zero-order valence-electron chi connectivity index (χ0n) is 34.9. The molecule has 0 saturated carbocycles. The first-order valence-corrected chi connectivity index (χ1v) is 23.8. The van der Waals surface area contributed by atoms with Crippen molar-refractivity contribution < 1.29 is 37.9 Å². The van der Waals surface area contributed by atoms with Crippen LogP contribution in [0.4, 0.5) is 0 Å². The van der Waals surface area contributed by atoms with E-state index in [0.717, 1.165) is 64.2 Å². The molecular weight excluding hydrogens is 701 g/mol. The predicted molar refractivity (Wildman–Crippen MR) is 224 cm³/mol. The molecule has 2 unspecified atom stereocenters. The molecule has 0 bridgehead atoms. The molecule has 3 N–H and O–H groups in total. The Morgan fingerprint density at radius 2 is 1.00 bits per heavy atom. The van der Waals surface area contributed by atoms with Gasteiger partial charge in [-0.3, -0.25) is 18.6 Å². The molecule has 0 radical (unpaired) electrons. The van der Waals surface area contributed by atoms with Crippen LogP contribution in [0.3, 0.4) is 0 Å². The Kier molecular flexibility index (Phi) is 40.0. The number of amides is 1. The molecule has 0 fully saturated rings. The number of carbonyl (C=O) groups is 2. The van der Waals surface area contributed by atoms with Gasteiger partial charge in [-0.15, -0.1) is 0 Å². The molecule has 9 nitrogen and oxygen atoms in total. The van der Waals surface area contributed by atoms with Crippen LogP contribution >= 0.6 is 7.82 Å². The summed E-state index contributed by atoms with van der Waals surface area (Å²) in [6.07, 6.45) is 43.9. The fraction of sp³-hybridized carbons (Fsp3) is 0.864. The van der Waals surface area contributed by atoms with Gasteiger partial charge < -0.3 is 20.1 Å². The molecule has 0 aromatic heterocycles. The van der Waals surface area contributed by atoms with Crippen LogP contribution in [0.25, 0.3) is 0 Å². The quantitative estimate of drug-likeness (QED) is 0.0241. The van der Waals surface area contributed by atoms with E-state index >= 15 is 0 Å². The molecule has 318 valence electrons. The van der Waals surface area contributed by atoms with Gasteiger partial charge in [0.05, 0.1) is 13.2 Å². The number of hydrogen-bond acceptors (Lipinski definition) is 7. The summed E-state index contributed by atoms with van der Waals surface area (Å²) in [4.78, 5) is 33.9. The SMILES string of the molecule is CCCCC/C=C\C/C=C\CCCCCCCC(=O)NCCOP(=O)(O)OCC(O)COC(=O)CCCCCCCCCCCCCCCCCCCC. The Morgan fingerprint density at radius 3 is 1.52 bits per heavy atom. The fourth-order valence-corrected chi connectivity index (χ4v) is 6.99. The summed E-state index contributed by atoms with van der Waals surface area (Å²) >= 11 is 0. The predicted octanol–water partition coefficient (Wildman–Crippen LogP) is 12.4. The van der Waals surface area contributed by atoms with Crippen molar-refractivity contribution in [1.29, 1.82) is 0 Å². The van der Waals surface area contributed by atoms with E-state index in [1.165, 1.54) is 122 Å². The largest absolute Gasteiger partial charge is 0.472 e. The number of aliphatic hydroxyl groups excluding tert-OH is 1. The molecule has 0 aliphatic carbocycles. The van der Waals surface area contributed by atoms with Crippen LogP contribution in [-0.4, -0.2) is 54.3 Å². The van der Waals surface area contributed by atoms with Gasteiger partial charge in [0.25, 0.3) is 0 Å². The highest BCUT2D eigenvalue weighted by Crippen LogP contribution is 2.42. The van der Waals surface area contributed by atoms with Gasteiger partial charge in [-0.2, -0.15) is 0 Å². The van der Waals surface area contributed by atoms with Gasteiger partial charge in [-0.05, 0) is 44.9 Å². The Labute approximate surface area is 331 Å². The monoisotopic (exact) mass is 786 g/mol. The summed E-state index contributed by atoms with van der Waals surface area (Å²) in [6, 6.07) is 0. The van der Waals surface area contributed by atoms with Gasteiger partial charge in [0.2, 0.25) is 5.91 Å². The van der Waals surface area contributed by atoms with E-state index in [-0.39, 0.29) is 32.1 Å². The van der Waals surface area contributed by atoms with Gasteiger partial charge in [0.15, 0.2) is 0 Å². The number of hydrogen-bond donors (Lipinski definition) is 3. The van der Waals surface area contributed by atoms with Crippen molar-refractivity contribution in [3.05, 3.63) is 24.3 Å². The number of aliphatic hydroxyl groups is 1. The van der Waals surface area contributed by atoms with Crippen LogP contribution in [0.15, 0.2) is 24.3 Å². The van der Waals surface area contributed by atoms with E-state index in [9.17, 15) is 24.2 Å². The van der Waals surface area contributed by atoms with E-state index in [4.69, 9.17) is 13.8 Å².